The summed E-state index contributed by atoms with van der Waals surface area (Å²) < 4.78 is 6.10. The highest BCUT2D eigenvalue weighted by molar-refractivity contribution is 6.23. The molecule has 1 N–H and O–H groups in total. The number of fused-ring (bicyclic) bond motifs is 1. The Morgan fingerprint density at radius 1 is 1.12 bits per heavy atom. The molecule has 0 bridgehead atoms. The summed E-state index contributed by atoms with van der Waals surface area (Å²) in [7, 11) is 0. The number of ether oxygens (including phenoxy) is 1. The molecule has 178 valence electrons. The highest BCUT2D eigenvalue weighted by Gasteiger charge is 2.44. The highest BCUT2D eigenvalue weighted by Crippen LogP contribution is 2.32. The maximum absolute atomic E-state index is 13.0. The lowest BCUT2D eigenvalue weighted by Crippen LogP contribution is -2.54. The van der Waals surface area contributed by atoms with Gasteiger partial charge in [-0.3, -0.25) is 34.3 Å². The first-order valence-electron chi connectivity index (χ1n) is 11.8. The largest absolute Gasteiger partial charge is 0.375 e. The van der Waals surface area contributed by atoms with Crippen molar-refractivity contribution in [3.63, 3.8) is 0 Å². The number of nitrogens with one attached hydrogen (secondary N) is 1. The van der Waals surface area contributed by atoms with Crippen LogP contribution in [0.4, 0.5) is 5.69 Å². The van der Waals surface area contributed by atoms with E-state index in [0.29, 0.717) is 23.8 Å². The number of hydrogen-bond acceptors (Lipinski definition) is 7. The van der Waals surface area contributed by atoms with Crippen LogP contribution in [-0.2, 0) is 14.3 Å². The molecular formula is C24H32N4O5. The van der Waals surface area contributed by atoms with Crippen LogP contribution in [0.3, 0.4) is 0 Å². The summed E-state index contributed by atoms with van der Waals surface area (Å²) in [6.07, 6.45) is 1.29. The van der Waals surface area contributed by atoms with Gasteiger partial charge in [-0.15, -0.1) is 0 Å². The van der Waals surface area contributed by atoms with E-state index in [1.54, 1.807) is 12.1 Å². The molecule has 33 heavy (non-hydrogen) atoms. The van der Waals surface area contributed by atoms with E-state index in [1.165, 1.54) is 0 Å². The second kappa shape index (κ2) is 9.61. The van der Waals surface area contributed by atoms with Crippen LogP contribution >= 0.6 is 0 Å². The fourth-order valence-electron chi connectivity index (χ4n) is 4.87. The number of rotatable bonds is 8. The highest BCUT2D eigenvalue weighted by atomic mass is 16.5. The van der Waals surface area contributed by atoms with Gasteiger partial charge in [0.25, 0.3) is 11.8 Å². The van der Waals surface area contributed by atoms with Gasteiger partial charge in [0, 0.05) is 37.8 Å². The summed E-state index contributed by atoms with van der Waals surface area (Å²) in [5, 5.41) is 2.22. The third-order valence-corrected chi connectivity index (χ3v) is 6.80. The Labute approximate surface area is 194 Å². The third-order valence-electron chi connectivity index (χ3n) is 6.80. The lowest BCUT2D eigenvalue weighted by Gasteiger charge is -2.27. The molecule has 4 amide bonds. The quantitative estimate of drug-likeness (QED) is 0.591. The SMILES string of the molecule is CCN(CCOC1CCN(c2ccc3c(c2)C(=O)N(C2CCC(=O)NC2=O)C3=O)C1)C(C)C. The van der Waals surface area contributed by atoms with E-state index in [-0.39, 0.29) is 24.9 Å². The van der Waals surface area contributed by atoms with Crippen LogP contribution in [0.1, 0.15) is 60.7 Å². The minimum atomic E-state index is -0.948. The van der Waals surface area contributed by atoms with Gasteiger partial charge in [0.2, 0.25) is 11.8 Å². The first-order chi connectivity index (χ1) is 15.8. The summed E-state index contributed by atoms with van der Waals surface area (Å²) >= 11 is 0. The summed E-state index contributed by atoms with van der Waals surface area (Å²) in [6.45, 7) is 10.6. The van der Waals surface area contributed by atoms with Crippen molar-refractivity contribution in [2.75, 3.05) is 37.7 Å². The molecule has 9 nitrogen and oxygen atoms in total. The molecule has 3 aliphatic heterocycles. The van der Waals surface area contributed by atoms with Gasteiger partial charge < -0.3 is 9.64 Å². The van der Waals surface area contributed by atoms with Gasteiger partial charge in [0.05, 0.1) is 23.8 Å². The average Bonchev–Trinajstić information content (AvgIpc) is 3.35. The second-order valence-electron chi connectivity index (χ2n) is 9.13. The lowest BCUT2D eigenvalue weighted by molar-refractivity contribution is -0.136. The lowest BCUT2D eigenvalue weighted by atomic mass is 10.0. The van der Waals surface area contributed by atoms with Gasteiger partial charge in [0.1, 0.15) is 6.04 Å². The van der Waals surface area contributed by atoms with Crippen LogP contribution < -0.4 is 10.2 Å². The molecular weight excluding hydrogens is 424 g/mol. The molecule has 0 radical (unpaired) electrons. The average molecular weight is 457 g/mol. The molecule has 4 rings (SSSR count). The number of imide groups is 2. The van der Waals surface area contributed by atoms with Gasteiger partial charge in [-0.05, 0) is 51.4 Å². The zero-order valence-electron chi connectivity index (χ0n) is 19.5. The van der Waals surface area contributed by atoms with Gasteiger partial charge >= 0.3 is 0 Å². The van der Waals surface area contributed by atoms with Gasteiger partial charge in [-0.1, -0.05) is 6.92 Å². The van der Waals surface area contributed by atoms with Crippen molar-refractivity contribution in [2.45, 2.75) is 58.2 Å². The standard InChI is InChI=1S/C24H32N4O5/c1-4-26(15(2)3)11-12-33-17-9-10-27(14-17)16-5-6-18-19(13-16)24(32)28(23(18)31)20-7-8-21(29)25-22(20)30/h5-6,13,15,17,20H,4,7-12,14H2,1-3H3,(H,25,29,30). The van der Waals surface area contributed by atoms with E-state index < -0.39 is 23.8 Å². The molecule has 3 heterocycles. The Kier molecular flexibility index (Phi) is 6.81. The number of carbonyl (C=O) groups is 4. The number of anilines is 1. The molecule has 0 spiro atoms. The van der Waals surface area contributed by atoms with Crippen LogP contribution in [0.5, 0.6) is 0 Å². The van der Waals surface area contributed by atoms with E-state index in [2.05, 4.69) is 35.9 Å². The predicted molar refractivity (Wildman–Crippen MR) is 122 cm³/mol. The third kappa shape index (κ3) is 4.65. The molecule has 1 aromatic carbocycles. The van der Waals surface area contributed by atoms with E-state index in [9.17, 15) is 19.2 Å². The number of hydrogen-bond donors (Lipinski definition) is 1. The topological polar surface area (TPSA) is 99.3 Å². The van der Waals surface area contributed by atoms with Crippen LogP contribution in [0, 0.1) is 0 Å². The van der Waals surface area contributed by atoms with Crippen molar-refractivity contribution in [2.24, 2.45) is 0 Å². The van der Waals surface area contributed by atoms with Gasteiger partial charge in [-0.2, -0.15) is 0 Å². The summed E-state index contributed by atoms with van der Waals surface area (Å²) in [5.41, 5.74) is 1.47. The number of carbonyl (C=O) groups excluding carboxylic acids is 4. The second-order valence-corrected chi connectivity index (χ2v) is 9.13. The Bertz CT molecular complexity index is 962. The summed E-state index contributed by atoms with van der Waals surface area (Å²) in [6, 6.07) is 4.79. The van der Waals surface area contributed by atoms with E-state index in [1.807, 2.05) is 6.07 Å². The zero-order chi connectivity index (χ0) is 23.7. The Balaban J connectivity index is 1.39. The smallest absolute Gasteiger partial charge is 0.262 e. The van der Waals surface area contributed by atoms with Crippen molar-refractivity contribution < 1.29 is 23.9 Å². The molecule has 0 saturated carbocycles. The molecule has 9 heteroatoms. The Hall–Kier alpha value is -2.78. The molecule has 2 atom stereocenters. The maximum atomic E-state index is 13.0. The summed E-state index contributed by atoms with van der Waals surface area (Å²) in [4.78, 5) is 55.1. The number of benzene rings is 1. The Morgan fingerprint density at radius 3 is 2.58 bits per heavy atom. The van der Waals surface area contributed by atoms with E-state index >= 15 is 0 Å². The maximum Gasteiger partial charge on any atom is 0.262 e. The van der Waals surface area contributed by atoms with Crippen molar-refractivity contribution in [3.05, 3.63) is 29.3 Å². The number of nitrogens with zero attached hydrogens (tertiary/aromatic N) is 3. The normalized spacial score (nSPS) is 23.2. The van der Waals surface area contributed by atoms with Crippen LogP contribution in [0.15, 0.2) is 18.2 Å². The molecule has 1 aromatic rings. The monoisotopic (exact) mass is 456 g/mol. The van der Waals surface area contributed by atoms with Crippen molar-refractivity contribution in [3.8, 4) is 0 Å². The van der Waals surface area contributed by atoms with Gasteiger partial charge in [-0.25, -0.2) is 0 Å². The number of piperidine rings is 1. The van der Waals surface area contributed by atoms with Crippen LogP contribution in [0.2, 0.25) is 0 Å². The van der Waals surface area contributed by atoms with Crippen LogP contribution in [-0.4, -0.2) is 84.4 Å². The molecule has 2 unspecified atom stereocenters. The zero-order valence-corrected chi connectivity index (χ0v) is 19.5. The van der Waals surface area contributed by atoms with Crippen molar-refractivity contribution >= 4 is 29.3 Å². The molecule has 2 saturated heterocycles. The fraction of sp³-hybridized carbons (Fsp3) is 0.583. The minimum absolute atomic E-state index is 0.109. The predicted octanol–water partition coefficient (Wildman–Crippen LogP) is 1.41. The van der Waals surface area contributed by atoms with Crippen molar-refractivity contribution in [1.82, 2.24) is 15.1 Å². The number of amides is 4. The number of likely N-dealkylation sites (N-methyl/N-ethyl adjacent to an activating group) is 1. The van der Waals surface area contributed by atoms with Gasteiger partial charge in [0.15, 0.2) is 0 Å². The summed E-state index contributed by atoms with van der Waals surface area (Å²) in [5.74, 6) is -1.94. The molecule has 0 aliphatic carbocycles. The molecule has 2 fully saturated rings. The van der Waals surface area contributed by atoms with Crippen LogP contribution in [0.25, 0.3) is 0 Å². The van der Waals surface area contributed by atoms with E-state index in [0.717, 1.165) is 43.2 Å². The fourth-order valence-corrected chi connectivity index (χ4v) is 4.87. The first-order valence-corrected chi connectivity index (χ1v) is 11.8. The van der Waals surface area contributed by atoms with E-state index in [4.69, 9.17) is 4.74 Å². The van der Waals surface area contributed by atoms with Crippen molar-refractivity contribution in [1.29, 1.82) is 0 Å². The minimum Gasteiger partial charge on any atom is -0.375 e. The molecule has 0 aromatic heterocycles. The Morgan fingerprint density at radius 2 is 1.88 bits per heavy atom. The first kappa shape index (κ1) is 23.4. The molecule has 3 aliphatic rings.